The van der Waals surface area contributed by atoms with E-state index in [1.807, 2.05) is 0 Å². The van der Waals surface area contributed by atoms with E-state index in [-0.39, 0.29) is 5.91 Å². The number of nitrogens with zero attached hydrogens (tertiary/aromatic N) is 1. The molecule has 0 fully saturated rings. The number of pyridine rings is 1. The van der Waals surface area contributed by atoms with Gasteiger partial charge in [0.05, 0.1) is 5.56 Å². The summed E-state index contributed by atoms with van der Waals surface area (Å²) in [5.41, 5.74) is 0.647. The molecule has 1 aromatic heterocycles. The number of hydrogen-bond donors (Lipinski definition) is 1. The molecule has 0 saturated carbocycles. The molecule has 1 heterocycles. The van der Waals surface area contributed by atoms with Gasteiger partial charge in [0.25, 0.3) is 5.91 Å². The summed E-state index contributed by atoms with van der Waals surface area (Å²) >= 11 is 1.60. The van der Waals surface area contributed by atoms with Crippen LogP contribution in [0.15, 0.2) is 23.4 Å². The van der Waals surface area contributed by atoms with Crippen molar-refractivity contribution in [3.63, 3.8) is 0 Å². The fourth-order valence-corrected chi connectivity index (χ4v) is 1.87. The van der Waals surface area contributed by atoms with E-state index >= 15 is 0 Å². The van der Waals surface area contributed by atoms with Gasteiger partial charge in [-0.25, -0.2) is 4.98 Å². The minimum Gasteiger partial charge on any atom is -0.355 e. The highest BCUT2D eigenvalue weighted by atomic mass is 32.2. The van der Waals surface area contributed by atoms with E-state index in [9.17, 15) is 4.79 Å². The Morgan fingerprint density at radius 1 is 1.57 bits per heavy atom. The molecule has 0 bridgehead atoms. The number of hydrogen-bond acceptors (Lipinski definition) is 3. The Bertz CT molecular complexity index is 326. The van der Waals surface area contributed by atoms with Crippen LogP contribution in [0.5, 0.6) is 0 Å². The van der Waals surface area contributed by atoms with Crippen LogP contribution in [0.1, 0.15) is 24.2 Å². The summed E-state index contributed by atoms with van der Waals surface area (Å²) in [5.74, 6) is -0.0822. The van der Waals surface area contributed by atoms with Crippen LogP contribution in [0, 0.1) is 0 Å². The first-order valence-electron chi connectivity index (χ1n) is 4.49. The molecular formula is C10H14N2OS. The molecule has 1 amide bonds. The molecule has 0 aliphatic rings. The van der Waals surface area contributed by atoms with Gasteiger partial charge in [0.1, 0.15) is 5.03 Å². The maximum Gasteiger partial charge on any atom is 0.253 e. The minimum atomic E-state index is -0.0822. The summed E-state index contributed by atoms with van der Waals surface area (Å²) < 4.78 is 0. The highest BCUT2D eigenvalue weighted by Gasteiger charge is 2.11. The Morgan fingerprint density at radius 2 is 2.29 bits per heavy atom. The van der Waals surface area contributed by atoms with E-state index in [1.54, 1.807) is 37.1 Å². The molecule has 1 N–H and O–H groups in total. The van der Waals surface area contributed by atoms with E-state index in [0.717, 1.165) is 5.03 Å². The lowest BCUT2D eigenvalue weighted by atomic mass is 10.3. The number of rotatable bonds is 3. The first-order valence-corrected chi connectivity index (χ1v) is 5.37. The van der Waals surface area contributed by atoms with Gasteiger partial charge in [-0.15, -0.1) is 11.8 Å². The average Bonchev–Trinajstić information content (AvgIpc) is 2.16. The number of carbonyl (C=O) groups is 1. The van der Waals surface area contributed by atoms with Gasteiger partial charge in [-0.2, -0.15) is 0 Å². The van der Waals surface area contributed by atoms with Gasteiger partial charge in [-0.3, -0.25) is 4.79 Å². The molecule has 0 aliphatic carbocycles. The molecule has 0 spiro atoms. The van der Waals surface area contributed by atoms with Gasteiger partial charge in [0, 0.05) is 18.5 Å². The lowest BCUT2D eigenvalue weighted by Crippen LogP contribution is -2.19. The third-order valence-electron chi connectivity index (χ3n) is 1.59. The van der Waals surface area contributed by atoms with Gasteiger partial charge in [0.2, 0.25) is 0 Å². The Kier molecular flexibility index (Phi) is 3.95. The second kappa shape index (κ2) is 5.00. The van der Waals surface area contributed by atoms with Crippen LogP contribution in [0.2, 0.25) is 0 Å². The molecule has 0 atom stereocenters. The fourth-order valence-electron chi connectivity index (χ4n) is 1.02. The molecule has 0 radical (unpaired) electrons. The first-order chi connectivity index (χ1) is 6.65. The number of nitrogens with one attached hydrogen (secondary N) is 1. The van der Waals surface area contributed by atoms with Crippen molar-refractivity contribution in [2.75, 3.05) is 7.05 Å². The van der Waals surface area contributed by atoms with Crippen LogP contribution in [-0.2, 0) is 0 Å². The van der Waals surface area contributed by atoms with E-state index in [4.69, 9.17) is 0 Å². The summed E-state index contributed by atoms with van der Waals surface area (Å²) in [5, 5.41) is 3.82. The Hall–Kier alpha value is -1.03. The number of thioether (sulfide) groups is 1. The molecule has 0 unspecified atom stereocenters. The van der Waals surface area contributed by atoms with E-state index in [1.165, 1.54) is 0 Å². The summed E-state index contributed by atoms with van der Waals surface area (Å²) in [6, 6.07) is 3.56. The Balaban J connectivity index is 2.97. The van der Waals surface area contributed by atoms with Crippen LogP contribution in [0.25, 0.3) is 0 Å². The Labute approximate surface area is 88.3 Å². The van der Waals surface area contributed by atoms with Crippen LogP contribution in [0.4, 0.5) is 0 Å². The molecule has 3 nitrogen and oxygen atoms in total. The normalized spacial score (nSPS) is 10.3. The lowest BCUT2D eigenvalue weighted by Gasteiger charge is -2.08. The number of carbonyl (C=O) groups excluding carboxylic acids is 1. The molecule has 0 aromatic carbocycles. The largest absolute Gasteiger partial charge is 0.355 e. The molecular weight excluding hydrogens is 196 g/mol. The van der Waals surface area contributed by atoms with Crippen molar-refractivity contribution in [3.05, 3.63) is 23.9 Å². The SMILES string of the molecule is CNC(=O)c1cccnc1SC(C)C. The van der Waals surface area contributed by atoms with E-state index < -0.39 is 0 Å². The summed E-state index contributed by atoms with van der Waals surface area (Å²) in [6.45, 7) is 4.15. The van der Waals surface area contributed by atoms with Gasteiger partial charge in [0.15, 0.2) is 0 Å². The monoisotopic (exact) mass is 210 g/mol. The second-order valence-electron chi connectivity index (χ2n) is 3.10. The van der Waals surface area contributed by atoms with Gasteiger partial charge >= 0.3 is 0 Å². The van der Waals surface area contributed by atoms with Gasteiger partial charge < -0.3 is 5.32 Å². The standard InChI is InChI=1S/C10H14N2OS/c1-7(2)14-10-8(9(13)11-3)5-4-6-12-10/h4-7H,1-3H3,(H,11,13). The quantitative estimate of drug-likeness (QED) is 0.775. The third-order valence-corrected chi connectivity index (χ3v) is 2.61. The zero-order chi connectivity index (χ0) is 10.6. The number of amides is 1. The van der Waals surface area contributed by atoms with Crippen molar-refractivity contribution >= 4 is 17.7 Å². The van der Waals surface area contributed by atoms with Crippen molar-refractivity contribution in [3.8, 4) is 0 Å². The smallest absolute Gasteiger partial charge is 0.253 e. The van der Waals surface area contributed by atoms with Gasteiger partial charge in [-0.05, 0) is 12.1 Å². The second-order valence-corrected chi connectivity index (χ2v) is 4.67. The topological polar surface area (TPSA) is 42.0 Å². The molecule has 0 saturated heterocycles. The molecule has 76 valence electrons. The predicted molar refractivity (Wildman–Crippen MR) is 58.6 cm³/mol. The zero-order valence-electron chi connectivity index (χ0n) is 8.57. The van der Waals surface area contributed by atoms with Crippen LogP contribution < -0.4 is 5.32 Å². The maximum absolute atomic E-state index is 11.5. The fraction of sp³-hybridized carbons (Fsp3) is 0.400. The summed E-state index contributed by atoms with van der Waals surface area (Å²) in [4.78, 5) is 15.6. The minimum absolute atomic E-state index is 0.0822. The van der Waals surface area contributed by atoms with Crippen molar-refractivity contribution in [1.29, 1.82) is 0 Å². The van der Waals surface area contributed by atoms with Crippen LogP contribution in [0.3, 0.4) is 0 Å². The predicted octanol–water partition coefficient (Wildman–Crippen LogP) is 1.94. The first kappa shape index (κ1) is 11.0. The third kappa shape index (κ3) is 2.73. The van der Waals surface area contributed by atoms with E-state index in [2.05, 4.69) is 24.1 Å². The van der Waals surface area contributed by atoms with Crippen LogP contribution in [-0.4, -0.2) is 23.2 Å². The van der Waals surface area contributed by atoms with Crippen molar-refractivity contribution < 1.29 is 4.79 Å². The maximum atomic E-state index is 11.5. The molecule has 0 aliphatic heterocycles. The summed E-state index contributed by atoms with van der Waals surface area (Å²) in [7, 11) is 1.62. The van der Waals surface area contributed by atoms with Crippen molar-refractivity contribution in [2.24, 2.45) is 0 Å². The molecule has 14 heavy (non-hydrogen) atoms. The average molecular weight is 210 g/mol. The van der Waals surface area contributed by atoms with Crippen molar-refractivity contribution in [2.45, 2.75) is 24.1 Å². The highest BCUT2D eigenvalue weighted by Crippen LogP contribution is 2.23. The Morgan fingerprint density at radius 3 is 2.86 bits per heavy atom. The summed E-state index contributed by atoms with van der Waals surface area (Å²) in [6.07, 6.45) is 1.71. The van der Waals surface area contributed by atoms with Crippen molar-refractivity contribution in [1.82, 2.24) is 10.3 Å². The lowest BCUT2D eigenvalue weighted by molar-refractivity contribution is 0.0959. The number of aromatic nitrogens is 1. The molecule has 1 aromatic rings. The highest BCUT2D eigenvalue weighted by molar-refractivity contribution is 7.99. The van der Waals surface area contributed by atoms with Gasteiger partial charge in [-0.1, -0.05) is 13.8 Å². The molecule has 4 heteroatoms. The molecule has 1 rings (SSSR count). The van der Waals surface area contributed by atoms with E-state index in [0.29, 0.717) is 10.8 Å². The zero-order valence-corrected chi connectivity index (χ0v) is 9.39. The van der Waals surface area contributed by atoms with Crippen LogP contribution >= 0.6 is 11.8 Å².